The van der Waals surface area contributed by atoms with Gasteiger partial charge in [0.15, 0.2) is 0 Å². The predicted molar refractivity (Wildman–Crippen MR) is 114 cm³/mol. The molecule has 1 saturated heterocycles. The Kier molecular flexibility index (Phi) is 6.07. The van der Waals surface area contributed by atoms with E-state index in [1.807, 2.05) is 0 Å². The molecule has 0 radical (unpaired) electrons. The third kappa shape index (κ3) is 4.78. The molecule has 0 bridgehead atoms. The SMILES string of the molecule is Cc1cccc(-c2nc(CN3CCN(Cc4ccc(F)cc4Cl)CC3)cs2)c1. The van der Waals surface area contributed by atoms with Crippen LogP contribution in [0.15, 0.2) is 47.8 Å². The van der Waals surface area contributed by atoms with Crippen LogP contribution in [0.4, 0.5) is 4.39 Å². The van der Waals surface area contributed by atoms with E-state index in [9.17, 15) is 4.39 Å². The van der Waals surface area contributed by atoms with Crippen LogP contribution in [0, 0.1) is 12.7 Å². The van der Waals surface area contributed by atoms with E-state index in [4.69, 9.17) is 16.6 Å². The molecule has 6 heteroatoms. The standard InChI is InChI=1S/C22H23ClFN3S/c1-16-3-2-4-17(11-16)22-25-20(15-28-22)14-27-9-7-26(8-10-27)13-18-5-6-19(24)12-21(18)23/h2-6,11-12,15H,7-10,13-14H2,1H3. The van der Waals surface area contributed by atoms with Crippen LogP contribution in [0.5, 0.6) is 0 Å². The minimum atomic E-state index is -0.285. The summed E-state index contributed by atoms with van der Waals surface area (Å²) in [6.07, 6.45) is 0. The largest absolute Gasteiger partial charge is 0.296 e. The monoisotopic (exact) mass is 415 g/mol. The molecule has 0 amide bonds. The summed E-state index contributed by atoms with van der Waals surface area (Å²) >= 11 is 7.87. The first-order valence-corrected chi connectivity index (χ1v) is 10.7. The van der Waals surface area contributed by atoms with E-state index in [2.05, 4.69) is 46.4 Å². The van der Waals surface area contributed by atoms with Crippen LogP contribution in [0.3, 0.4) is 0 Å². The molecule has 4 rings (SSSR count). The van der Waals surface area contributed by atoms with Crippen molar-refractivity contribution in [1.82, 2.24) is 14.8 Å². The van der Waals surface area contributed by atoms with Gasteiger partial charge in [0, 0.05) is 55.2 Å². The summed E-state index contributed by atoms with van der Waals surface area (Å²) in [7, 11) is 0. The van der Waals surface area contributed by atoms with Gasteiger partial charge in [-0.2, -0.15) is 0 Å². The lowest BCUT2D eigenvalue weighted by atomic mass is 10.1. The maximum atomic E-state index is 13.2. The lowest BCUT2D eigenvalue weighted by Crippen LogP contribution is -2.45. The van der Waals surface area contributed by atoms with Gasteiger partial charge in [0.05, 0.1) is 5.69 Å². The molecule has 146 valence electrons. The van der Waals surface area contributed by atoms with E-state index in [-0.39, 0.29) is 5.82 Å². The van der Waals surface area contributed by atoms with E-state index in [0.29, 0.717) is 5.02 Å². The number of rotatable bonds is 5. The average Bonchev–Trinajstić information content (AvgIpc) is 3.14. The van der Waals surface area contributed by atoms with Crippen molar-refractivity contribution in [1.29, 1.82) is 0 Å². The second-order valence-corrected chi connectivity index (χ2v) is 8.57. The lowest BCUT2D eigenvalue weighted by molar-refractivity contribution is 0.121. The molecule has 3 nitrogen and oxygen atoms in total. The molecule has 0 N–H and O–H groups in total. The van der Waals surface area contributed by atoms with Crippen molar-refractivity contribution in [3.8, 4) is 10.6 Å². The number of halogens is 2. The Labute approximate surface area is 174 Å². The van der Waals surface area contributed by atoms with Gasteiger partial charge in [-0.3, -0.25) is 9.80 Å². The molecule has 0 unspecified atom stereocenters. The summed E-state index contributed by atoms with van der Waals surface area (Å²) in [6.45, 7) is 7.70. The number of thiazole rings is 1. The van der Waals surface area contributed by atoms with Gasteiger partial charge < -0.3 is 0 Å². The third-order valence-electron chi connectivity index (χ3n) is 5.08. The second kappa shape index (κ2) is 8.70. The molecule has 3 aromatic rings. The number of piperazine rings is 1. The summed E-state index contributed by atoms with van der Waals surface area (Å²) in [4.78, 5) is 9.64. The fourth-order valence-electron chi connectivity index (χ4n) is 3.52. The van der Waals surface area contributed by atoms with Crippen LogP contribution in [-0.4, -0.2) is 41.0 Å². The number of aryl methyl sites for hydroxylation is 1. The Morgan fingerprint density at radius 3 is 2.50 bits per heavy atom. The summed E-state index contributed by atoms with van der Waals surface area (Å²) < 4.78 is 13.2. The quantitative estimate of drug-likeness (QED) is 0.568. The smallest absolute Gasteiger partial charge is 0.124 e. The number of aromatic nitrogens is 1. The average molecular weight is 416 g/mol. The van der Waals surface area contributed by atoms with Gasteiger partial charge >= 0.3 is 0 Å². The van der Waals surface area contributed by atoms with E-state index in [1.165, 1.54) is 23.3 Å². The summed E-state index contributed by atoms with van der Waals surface area (Å²) in [5.74, 6) is -0.285. The van der Waals surface area contributed by atoms with Gasteiger partial charge in [0.25, 0.3) is 0 Å². The van der Waals surface area contributed by atoms with Gasteiger partial charge in [0.2, 0.25) is 0 Å². The molecule has 0 atom stereocenters. The van der Waals surface area contributed by atoms with Crippen LogP contribution >= 0.6 is 22.9 Å². The van der Waals surface area contributed by atoms with Crippen LogP contribution in [0.1, 0.15) is 16.8 Å². The molecule has 0 saturated carbocycles. The molecule has 1 aliphatic heterocycles. The molecule has 2 aromatic carbocycles. The zero-order chi connectivity index (χ0) is 19.5. The van der Waals surface area contributed by atoms with Crippen molar-refractivity contribution in [3.05, 3.63) is 75.5 Å². The second-order valence-electron chi connectivity index (χ2n) is 7.30. The summed E-state index contributed by atoms with van der Waals surface area (Å²) in [6, 6.07) is 13.1. The minimum Gasteiger partial charge on any atom is -0.296 e. The Bertz CT molecular complexity index is 950. The lowest BCUT2D eigenvalue weighted by Gasteiger charge is -2.34. The van der Waals surface area contributed by atoms with Gasteiger partial charge in [0.1, 0.15) is 10.8 Å². The van der Waals surface area contributed by atoms with Gasteiger partial charge in [-0.1, -0.05) is 41.4 Å². The normalized spacial score (nSPS) is 15.8. The maximum absolute atomic E-state index is 13.2. The highest BCUT2D eigenvalue weighted by Crippen LogP contribution is 2.25. The van der Waals surface area contributed by atoms with E-state index >= 15 is 0 Å². The molecule has 1 aromatic heterocycles. The third-order valence-corrected chi connectivity index (χ3v) is 6.37. The van der Waals surface area contributed by atoms with Gasteiger partial charge in [-0.25, -0.2) is 9.37 Å². The van der Waals surface area contributed by atoms with E-state index < -0.39 is 0 Å². The van der Waals surface area contributed by atoms with Gasteiger partial charge in [-0.15, -0.1) is 11.3 Å². The van der Waals surface area contributed by atoms with Crippen LogP contribution < -0.4 is 0 Å². The zero-order valence-corrected chi connectivity index (χ0v) is 17.4. The number of benzene rings is 2. The number of hydrogen-bond donors (Lipinski definition) is 0. The van der Waals surface area contributed by atoms with Crippen molar-refractivity contribution in [3.63, 3.8) is 0 Å². The number of hydrogen-bond acceptors (Lipinski definition) is 4. The predicted octanol–water partition coefficient (Wildman–Crippen LogP) is 5.23. The van der Waals surface area contributed by atoms with Crippen molar-refractivity contribution < 1.29 is 4.39 Å². The first-order chi connectivity index (χ1) is 13.6. The Morgan fingerprint density at radius 2 is 1.79 bits per heavy atom. The van der Waals surface area contributed by atoms with Crippen molar-refractivity contribution in [2.24, 2.45) is 0 Å². The first kappa shape index (κ1) is 19.5. The summed E-state index contributed by atoms with van der Waals surface area (Å²) in [5, 5.41) is 3.76. The fraction of sp³-hybridized carbons (Fsp3) is 0.318. The first-order valence-electron chi connectivity index (χ1n) is 9.47. The van der Waals surface area contributed by atoms with Crippen molar-refractivity contribution in [2.75, 3.05) is 26.2 Å². The zero-order valence-electron chi connectivity index (χ0n) is 15.9. The molecule has 2 heterocycles. The molecule has 0 spiro atoms. The highest BCUT2D eigenvalue weighted by Gasteiger charge is 2.19. The van der Waals surface area contributed by atoms with Crippen LogP contribution in [0.25, 0.3) is 10.6 Å². The minimum absolute atomic E-state index is 0.285. The summed E-state index contributed by atoms with van der Waals surface area (Å²) in [5.41, 5.74) is 4.57. The fourth-order valence-corrected chi connectivity index (χ4v) is 4.55. The molecular weight excluding hydrogens is 393 g/mol. The molecule has 0 aliphatic carbocycles. The van der Waals surface area contributed by atoms with Crippen molar-refractivity contribution in [2.45, 2.75) is 20.0 Å². The highest BCUT2D eigenvalue weighted by atomic mass is 35.5. The Morgan fingerprint density at radius 1 is 1.04 bits per heavy atom. The highest BCUT2D eigenvalue weighted by molar-refractivity contribution is 7.13. The molecular formula is C22H23ClFN3S. The maximum Gasteiger partial charge on any atom is 0.124 e. The van der Waals surface area contributed by atoms with Crippen LogP contribution in [0.2, 0.25) is 5.02 Å². The molecule has 1 aliphatic rings. The van der Waals surface area contributed by atoms with E-state index in [0.717, 1.165) is 55.5 Å². The Balaban J connectivity index is 1.31. The number of nitrogens with zero attached hydrogens (tertiary/aromatic N) is 3. The molecule has 1 fully saturated rings. The van der Waals surface area contributed by atoms with Crippen molar-refractivity contribution >= 4 is 22.9 Å². The van der Waals surface area contributed by atoms with E-state index in [1.54, 1.807) is 17.4 Å². The van der Waals surface area contributed by atoms with Gasteiger partial charge in [-0.05, 0) is 30.7 Å². The molecule has 28 heavy (non-hydrogen) atoms. The Hall–Kier alpha value is -1.79. The topological polar surface area (TPSA) is 19.4 Å². The van der Waals surface area contributed by atoms with Crippen LogP contribution in [-0.2, 0) is 13.1 Å².